The molecular formula is C10H18N2O3. The molecule has 0 aromatic rings. The summed E-state index contributed by atoms with van der Waals surface area (Å²) >= 11 is 0. The molecule has 0 spiro atoms. The smallest absolute Gasteiger partial charge is 0.396 e. The molecule has 0 aromatic heterocycles. The molecule has 0 aromatic carbocycles. The van der Waals surface area contributed by atoms with Crippen LogP contribution in [-0.4, -0.2) is 50.6 Å². The van der Waals surface area contributed by atoms with Gasteiger partial charge >= 0.3 is 11.9 Å². The lowest BCUT2D eigenvalue weighted by Crippen LogP contribution is -2.39. The number of hydrogen-bond acceptors (Lipinski definition) is 4. The summed E-state index contributed by atoms with van der Waals surface area (Å²) in [6.07, 6.45) is 2.13. The lowest BCUT2D eigenvalue weighted by Gasteiger charge is -2.28. The van der Waals surface area contributed by atoms with Crippen LogP contribution in [0.4, 0.5) is 0 Å². The average molecular weight is 214 g/mol. The van der Waals surface area contributed by atoms with Crippen LogP contribution in [0, 0.1) is 5.92 Å². The van der Waals surface area contributed by atoms with Crippen molar-refractivity contribution in [1.82, 2.24) is 10.2 Å². The molecule has 1 heterocycles. The fraction of sp³-hybridized carbons (Fsp3) is 0.800. The number of piperidine rings is 1. The molecule has 1 rings (SSSR count). The quantitative estimate of drug-likeness (QED) is 0.503. The van der Waals surface area contributed by atoms with Gasteiger partial charge in [0.1, 0.15) is 0 Å². The molecule has 1 N–H and O–H groups in total. The van der Waals surface area contributed by atoms with Gasteiger partial charge in [0.15, 0.2) is 0 Å². The Bertz CT molecular complexity index is 235. The molecule has 0 bridgehead atoms. The highest BCUT2D eigenvalue weighted by Crippen LogP contribution is 2.14. The number of likely N-dealkylation sites (tertiary alicyclic amines) is 1. The fourth-order valence-electron chi connectivity index (χ4n) is 1.67. The Hall–Kier alpha value is -1.10. The minimum absolute atomic E-state index is 0.481. The van der Waals surface area contributed by atoms with Crippen LogP contribution in [0.5, 0.6) is 0 Å². The van der Waals surface area contributed by atoms with E-state index in [1.54, 1.807) is 0 Å². The van der Waals surface area contributed by atoms with E-state index in [0.29, 0.717) is 12.5 Å². The number of ether oxygens (including phenoxy) is 1. The lowest BCUT2D eigenvalue weighted by atomic mass is 9.97. The zero-order valence-electron chi connectivity index (χ0n) is 9.28. The summed E-state index contributed by atoms with van der Waals surface area (Å²) in [7, 11) is 3.29. The highest BCUT2D eigenvalue weighted by molar-refractivity contribution is 6.32. The molecule has 1 aliphatic heterocycles. The third-order valence-corrected chi connectivity index (χ3v) is 2.76. The number of nitrogens with zero attached hydrogens (tertiary/aromatic N) is 1. The summed E-state index contributed by atoms with van der Waals surface area (Å²) in [5.41, 5.74) is 0. The van der Waals surface area contributed by atoms with E-state index >= 15 is 0 Å². The van der Waals surface area contributed by atoms with Crippen LogP contribution in [-0.2, 0) is 14.3 Å². The van der Waals surface area contributed by atoms with Crippen molar-refractivity contribution < 1.29 is 14.3 Å². The van der Waals surface area contributed by atoms with E-state index in [1.807, 2.05) is 0 Å². The van der Waals surface area contributed by atoms with Crippen molar-refractivity contribution in [2.75, 3.05) is 33.8 Å². The monoisotopic (exact) mass is 214 g/mol. The minimum atomic E-state index is -0.817. The van der Waals surface area contributed by atoms with E-state index in [4.69, 9.17) is 0 Å². The predicted octanol–water partition coefficient (Wildman–Crippen LogP) is -0.383. The average Bonchev–Trinajstić information content (AvgIpc) is 2.26. The first-order valence-electron chi connectivity index (χ1n) is 5.18. The highest BCUT2D eigenvalue weighted by Gasteiger charge is 2.19. The molecule has 5 heteroatoms. The van der Waals surface area contributed by atoms with Gasteiger partial charge in [0.05, 0.1) is 7.11 Å². The molecule has 0 atom stereocenters. The molecular weight excluding hydrogens is 196 g/mol. The third kappa shape index (κ3) is 3.87. The van der Waals surface area contributed by atoms with Crippen molar-refractivity contribution in [3.63, 3.8) is 0 Å². The number of carbonyl (C=O) groups is 2. The Morgan fingerprint density at radius 3 is 2.53 bits per heavy atom. The van der Waals surface area contributed by atoms with Crippen LogP contribution >= 0.6 is 0 Å². The van der Waals surface area contributed by atoms with Crippen LogP contribution in [0.25, 0.3) is 0 Å². The number of hydrogen-bond donors (Lipinski definition) is 1. The summed E-state index contributed by atoms with van der Waals surface area (Å²) < 4.78 is 4.31. The van der Waals surface area contributed by atoms with Crippen LogP contribution < -0.4 is 5.32 Å². The molecule has 1 aliphatic rings. The Morgan fingerprint density at radius 1 is 1.40 bits per heavy atom. The number of carbonyl (C=O) groups excluding carboxylic acids is 2. The fourth-order valence-corrected chi connectivity index (χ4v) is 1.67. The standard InChI is InChI=1S/C10H18N2O3/c1-12-5-3-8(4-6-12)7-11-9(13)10(14)15-2/h8H,3-7H2,1-2H3,(H,11,13). The maximum absolute atomic E-state index is 11.1. The van der Waals surface area contributed by atoms with Gasteiger partial charge in [-0.2, -0.15) is 0 Å². The molecule has 0 saturated carbocycles. The van der Waals surface area contributed by atoms with Gasteiger partial charge in [-0.3, -0.25) is 4.79 Å². The van der Waals surface area contributed by atoms with Crippen LogP contribution in [0.3, 0.4) is 0 Å². The second-order valence-corrected chi connectivity index (χ2v) is 3.95. The first kappa shape index (κ1) is 12.0. The van der Waals surface area contributed by atoms with E-state index in [2.05, 4.69) is 22.0 Å². The molecule has 1 saturated heterocycles. The van der Waals surface area contributed by atoms with Gasteiger partial charge in [-0.1, -0.05) is 0 Å². The minimum Gasteiger partial charge on any atom is -0.462 e. The molecule has 1 amide bonds. The van der Waals surface area contributed by atoms with Crippen LogP contribution in [0.2, 0.25) is 0 Å². The molecule has 86 valence electrons. The Kier molecular flexibility index (Phi) is 4.55. The van der Waals surface area contributed by atoms with Crippen molar-refractivity contribution >= 4 is 11.9 Å². The van der Waals surface area contributed by atoms with E-state index in [9.17, 15) is 9.59 Å². The maximum Gasteiger partial charge on any atom is 0.396 e. The van der Waals surface area contributed by atoms with Gasteiger partial charge in [0, 0.05) is 6.54 Å². The third-order valence-electron chi connectivity index (χ3n) is 2.76. The summed E-state index contributed by atoms with van der Waals surface area (Å²) in [6, 6.07) is 0. The van der Waals surface area contributed by atoms with E-state index in [-0.39, 0.29) is 0 Å². The normalized spacial score (nSPS) is 18.5. The molecule has 0 unspecified atom stereocenters. The zero-order valence-corrected chi connectivity index (χ0v) is 9.28. The number of amides is 1. The van der Waals surface area contributed by atoms with Gasteiger partial charge in [-0.15, -0.1) is 0 Å². The second kappa shape index (κ2) is 5.70. The number of rotatable bonds is 2. The molecule has 15 heavy (non-hydrogen) atoms. The Labute approximate surface area is 89.8 Å². The topological polar surface area (TPSA) is 58.6 Å². The SMILES string of the molecule is COC(=O)C(=O)NCC1CCN(C)CC1. The molecule has 1 fully saturated rings. The van der Waals surface area contributed by atoms with Gasteiger partial charge in [-0.05, 0) is 38.9 Å². The number of nitrogens with one attached hydrogen (secondary N) is 1. The van der Waals surface area contributed by atoms with Crippen LogP contribution in [0.15, 0.2) is 0 Å². The maximum atomic E-state index is 11.1. The van der Waals surface area contributed by atoms with Crippen molar-refractivity contribution in [3.05, 3.63) is 0 Å². The first-order valence-corrected chi connectivity index (χ1v) is 5.18. The Morgan fingerprint density at radius 2 is 2.00 bits per heavy atom. The lowest BCUT2D eigenvalue weighted by molar-refractivity contribution is -0.152. The van der Waals surface area contributed by atoms with Gasteiger partial charge in [0.2, 0.25) is 0 Å². The Balaban J connectivity index is 2.20. The number of methoxy groups -OCH3 is 1. The molecule has 0 radical (unpaired) electrons. The molecule has 5 nitrogen and oxygen atoms in total. The zero-order chi connectivity index (χ0) is 11.3. The largest absolute Gasteiger partial charge is 0.462 e. The number of esters is 1. The summed E-state index contributed by atoms with van der Waals surface area (Å²) in [4.78, 5) is 24.1. The summed E-state index contributed by atoms with van der Waals surface area (Å²) in [5.74, 6) is -0.978. The van der Waals surface area contributed by atoms with Gasteiger partial charge < -0.3 is 15.0 Å². The summed E-state index contributed by atoms with van der Waals surface area (Å²) in [5, 5.41) is 2.59. The van der Waals surface area contributed by atoms with Crippen molar-refractivity contribution in [3.8, 4) is 0 Å². The van der Waals surface area contributed by atoms with Gasteiger partial charge in [-0.25, -0.2) is 4.79 Å². The van der Waals surface area contributed by atoms with Crippen LogP contribution in [0.1, 0.15) is 12.8 Å². The van der Waals surface area contributed by atoms with E-state index in [0.717, 1.165) is 25.9 Å². The molecule has 0 aliphatic carbocycles. The second-order valence-electron chi connectivity index (χ2n) is 3.95. The highest BCUT2D eigenvalue weighted by atomic mass is 16.5. The van der Waals surface area contributed by atoms with E-state index in [1.165, 1.54) is 7.11 Å². The van der Waals surface area contributed by atoms with E-state index < -0.39 is 11.9 Å². The summed E-state index contributed by atoms with van der Waals surface area (Å²) in [6.45, 7) is 2.68. The first-order chi connectivity index (χ1) is 7.13. The predicted molar refractivity (Wildman–Crippen MR) is 55.2 cm³/mol. The van der Waals surface area contributed by atoms with Crippen molar-refractivity contribution in [1.29, 1.82) is 0 Å². The van der Waals surface area contributed by atoms with Crippen molar-refractivity contribution in [2.24, 2.45) is 5.92 Å². The van der Waals surface area contributed by atoms with Crippen molar-refractivity contribution in [2.45, 2.75) is 12.8 Å². The van der Waals surface area contributed by atoms with Gasteiger partial charge in [0.25, 0.3) is 0 Å².